The Kier molecular flexibility index (Phi) is 5.81. The fourth-order valence-corrected chi connectivity index (χ4v) is 4.54. The van der Waals surface area contributed by atoms with Crippen molar-refractivity contribution in [2.45, 2.75) is 29.4 Å². The third kappa shape index (κ3) is 4.62. The van der Waals surface area contributed by atoms with E-state index in [9.17, 15) is 22.8 Å². The molecule has 1 atom stereocenters. The molecule has 1 amide bonds. The minimum atomic E-state index is -4.61. The Morgan fingerprint density at radius 2 is 1.90 bits per heavy atom. The highest BCUT2D eigenvalue weighted by Crippen LogP contribution is 2.41. The molecular weight excluding hydrogens is 451 g/mol. The molecule has 10 heteroatoms. The van der Waals surface area contributed by atoms with Gasteiger partial charge in [-0.1, -0.05) is 53.7 Å². The second kappa shape index (κ2) is 8.39. The van der Waals surface area contributed by atoms with Crippen molar-refractivity contribution in [2.75, 3.05) is 5.32 Å². The quantitative estimate of drug-likeness (QED) is 0.410. The highest BCUT2D eigenvalue weighted by Gasteiger charge is 2.39. The van der Waals surface area contributed by atoms with Crippen molar-refractivity contribution in [3.63, 3.8) is 0 Å². The number of thioether (sulfide) groups is 1. The lowest BCUT2D eigenvalue weighted by Gasteiger charge is -2.26. The molecule has 2 aromatic carbocycles. The van der Waals surface area contributed by atoms with Gasteiger partial charge in [0.05, 0.1) is 11.1 Å². The second-order valence-corrected chi connectivity index (χ2v) is 8.34. The van der Waals surface area contributed by atoms with Gasteiger partial charge in [-0.3, -0.25) is 9.59 Å². The lowest BCUT2D eigenvalue weighted by Crippen LogP contribution is -2.32. The van der Waals surface area contributed by atoms with Crippen molar-refractivity contribution in [1.82, 2.24) is 9.97 Å². The van der Waals surface area contributed by atoms with Crippen molar-refractivity contribution in [2.24, 2.45) is 0 Å². The number of aromatic nitrogens is 2. The van der Waals surface area contributed by atoms with Gasteiger partial charge in [-0.05, 0) is 29.3 Å². The zero-order chi connectivity index (χ0) is 22.2. The smallest absolute Gasteiger partial charge is 0.310 e. The molecule has 0 saturated heterocycles. The summed E-state index contributed by atoms with van der Waals surface area (Å²) in [5, 5.41) is 3.34. The van der Waals surface area contributed by atoms with Crippen molar-refractivity contribution >= 4 is 35.1 Å². The Labute approximate surface area is 184 Å². The number of anilines is 1. The summed E-state index contributed by atoms with van der Waals surface area (Å²) in [7, 11) is 0. The fraction of sp³-hybridized carbons (Fsp3) is 0.190. The number of fused-ring (bicyclic) bond motifs is 1. The molecule has 0 radical (unpaired) electrons. The van der Waals surface area contributed by atoms with E-state index in [-0.39, 0.29) is 28.5 Å². The van der Waals surface area contributed by atoms with Crippen LogP contribution in [-0.4, -0.2) is 15.9 Å². The van der Waals surface area contributed by atoms with E-state index in [1.54, 1.807) is 18.2 Å². The number of hydrogen-bond acceptors (Lipinski definition) is 4. The Morgan fingerprint density at radius 1 is 1.13 bits per heavy atom. The molecule has 0 spiro atoms. The van der Waals surface area contributed by atoms with Crippen molar-refractivity contribution in [1.29, 1.82) is 0 Å². The number of rotatable bonds is 4. The van der Waals surface area contributed by atoms with Gasteiger partial charge in [-0.2, -0.15) is 13.2 Å². The molecule has 0 aliphatic carbocycles. The number of halogens is 4. The molecule has 4 rings (SSSR count). The van der Waals surface area contributed by atoms with Gasteiger partial charge in [0, 0.05) is 23.1 Å². The van der Waals surface area contributed by atoms with E-state index in [4.69, 9.17) is 11.6 Å². The maximum atomic E-state index is 13.5. The lowest BCUT2D eigenvalue weighted by atomic mass is 9.84. The standard InChI is InChI=1S/C21H15ClF3N3O2S/c22-12-5-3-4-11(8-12)10-31-20-27-18-17(19(30)28-20)14(9-16(29)26-18)13-6-1-2-7-15(13)21(23,24)25/h1-8,14H,9-10H2,(H2,26,27,28,29,30). The minimum absolute atomic E-state index is 0.0170. The molecular formula is C21H15ClF3N3O2S. The maximum absolute atomic E-state index is 13.5. The first kappa shape index (κ1) is 21.5. The summed E-state index contributed by atoms with van der Waals surface area (Å²) in [6, 6.07) is 12.1. The number of carbonyl (C=O) groups is 1. The van der Waals surface area contributed by atoms with Crippen LogP contribution in [0.4, 0.5) is 19.0 Å². The normalized spacial score (nSPS) is 16.0. The van der Waals surface area contributed by atoms with Crippen molar-refractivity contribution < 1.29 is 18.0 Å². The highest BCUT2D eigenvalue weighted by molar-refractivity contribution is 7.98. The van der Waals surface area contributed by atoms with E-state index in [0.29, 0.717) is 10.8 Å². The third-order valence-electron chi connectivity index (χ3n) is 4.84. The molecule has 0 bridgehead atoms. The second-order valence-electron chi connectivity index (χ2n) is 6.94. The number of carbonyl (C=O) groups excluding carboxylic acids is 1. The van der Waals surface area contributed by atoms with E-state index < -0.39 is 29.1 Å². The molecule has 1 aliphatic rings. The number of nitrogens with one attached hydrogen (secondary N) is 2. The lowest BCUT2D eigenvalue weighted by molar-refractivity contribution is -0.138. The summed E-state index contributed by atoms with van der Waals surface area (Å²) < 4.78 is 40.5. The maximum Gasteiger partial charge on any atom is 0.416 e. The van der Waals surface area contributed by atoms with Gasteiger partial charge in [-0.15, -0.1) is 0 Å². The minimum Gasteiger partial charge on any atom is -0.310 e. The molecule has 2 heterocycles. The number of hydrogen-bond donors (Lipinski definition) is 2. The monoisotopic (exact) mass is 465 g/mol. The van der Waals surface area contributed by atoms with Crippen LogP contribution in [-0.2, 0) is 16.7 Å². The van der Waals surface area contributed by atoms with Crippen LogP contribution in [0, 0.1) is 0 Å². The van der Waals surface area contributed by atoms with Crippen LogP contribution >= 0.6 is 23.4 Å². The fourth-order valence-electron chi connectivity index (χ4n) is 3.52. The number of amides is 1. The Bertz CT molecular complexity index is 1210. The van der Waals surface area contributed by atoms with Crippen LogP contribution in [0.15, 0.2) is 58.5 Å². The summed E-state index contributed by atoms with van der Waals surface area (Å²) in [5.74, 6) is -1.12. The molecule has 1 aromatic heterocycles. The molecule has 160 valence electrons. The van der Waals surface area contributed by atoms with E-state index in [1.165, 1.54) is 30.0 Å². The Balaban J connectivity index is 1.71. The molecule has 1 unspecified atom stereocenters. The van der Waals surface area contributed by atoms with Gasteiger partial charge < -0.3 is 10.3 Å². The molecule has 0 saturated carbocycles. The Hall–Kier alpha value is -2.78. The third-order valence-corrected chi connectivity index (χ3v) is 6.02. The van der Waals surface area contributed by atoms with Crippen LogP contribution in [0.2, 0.25) is 5.02 Å². The van der Waals surface area contributed by atoms with Gasteiger partial charge in [0.15, 0.2) is 5.16 Å². The van der Waals surface area contributed by atoms with Crippen LogP contribution in [0.25, 0.3) is 0 Å². The molecule has 1 aliphatic heterocycles. The number of H-pyrrole nitrogens is 1. The van der Waals surface area contributed by atoms with Crippen molar-refractivity contribution in [3.05, 3.63) is 86.2 Å². The molecule has 31 heavy (non-hydrogen) atoms. The average Bonchev–Trinajstić information content (AvgIpc) is 2.71. The number of benzene rings is 2. The predicted molar refractivity (Wildman–Crippen MR) is 112 cm³/mol. The first-order valence-corrected chi connectivity index (χ1v) is 10.6. The molecule has 5 nitrogen and oxygen atoms in total. The summed E-state index contributed by atoms with van der Waals surface area (Å²) in [5.41, 5.74) is -0.667. The van der Waals surface area contributed by atoms with E-state index in [0.717, 1.165) is 11.6 Å². The van der Waals surface area contributed by atoms with E-state index in [1.807, 2.05) is 6.07 Å². The molecule has 3 aromatic rings. The number of nitrogens with zero attached hydrogens (tertiary/aromatic N) is 1. The average molecular weight is 466 g/mol. The topological polar surface area (TPSA) is 74.8 Å². The summed E-state index contributed by atoms with van der Waals surface area (Å²) >= 11 is 7.19. The van der Waals surface area contributed by atoms with Crippen LogP contribution in [0.1, 0.15) is 34.6 Å². The van der Waals surface area contributed by atoms with Crippen molar-refractivity contribution in [3.8, 4) is 0 Å². The van der Waals surface area contributed by atoms with E-state index in [2.05, 4.69) is 15.3 Å². The zero-order valence-electron chi connectivity index (χ0n) is 15.8. The van der Waals surface area contributed by atoms with E-state index >= 15 is 0 Å². The summed E-state index contributed by atoms with van der Waals surface area (Å²) in [4.78, 5) is 32.0. The van der Waals surface area contributed by atoms with Gasteiger partial charge in [0.1, 0.15) is 5.82 Å². The van der Waals surface area contributed by atoms with Crippen LogP contribution < -0.4 is 10.9 Å². The first-order chi connectivity index (χ1) is 14.7. The SMILES string of the molecule is O=C1CC(c2ccccc2C(F)(F)F)c2c(nc(SCc3cccc(Cl)c3)[nH]c2=O)N1. The Morgan fingerprint density at radius 3 is 2.65 bits per heavy atom. The zero-order valence-corrected chi connectivity index (χ0v) is 17.4. The first-order valence-electron chi connectivity index (χ1n) is 9.20. The number of aromatic amines is 1. The summed E-state index contributed by atoms with van der Waals surface area (Å²) in [6.45, 7) is 0. The summed E-state index contributed by atoms with van der Waals surface area (Å²) in [6.07, 6.45) is -4.89. The van der Waals surface area contributed by atoms with Gasteiger partial charge in [0.25, 0.3) is 5.56 Å². The molecule has 2 N–H and O–H groups in total. The van der Waals surface area contributed by atoms with Crippen LogP contribution in [0.5, 0.6) is 0 Å². The van der Waals surface area contributed by atoms with Gasteiger partial charge >= 0.3 is 6.18 Å². The predicted octanol–water partition coefficient (Wildman–Crippen LogP) is 5.21. The number of alkyl halides is 3. The van der Waals surface area contributed by atoms with Crippen LogP contribution in [0.3, 0.4) is 0 Å². The highest BCUT2D eigenvalue weighted by atomic mass is 35.5. The largest absolute Gasteiger partial charge is 0.416 e. The van der Waals surface area contributed by atoms with Gasteiger partial charge in [-0.25, -0.2) is 4.98 Å². The molecule has 0 fully saturated rings. The van der Waals surface area contributed by atoms with Gasteiger partial charge in [0.2, 0.25) is 5.91 Å².